The molecule has 1 atom stereocenters. The summed E-state index contributed by atoms with van der Waals surface area (Å²) in [5.41, 5.74) is 3.78. The number of hydrogen-bond donors (Lipinski definition) is 0. The molecule has 0 N–H and O–H groups in total. The van der Waals surface area contributed by atoms with E-state index < -0.39 is 23.7 Å². The fourth-order valence-corrected chi connectivity index (χ4v) is 6.09. The second-order valence-corrected chi connectivity index (χ2v) is 12.4. The van der Waals surface area contributed by atoms with Crippen molar-refractivity contribution in [3.8, 4) is 0 Å². The van der Waals surface area contributed by atoms with Gasteiger partial charge in [-0.2, -0.15) is 13.2 Å². The molecule has 2 heterocycles. The van der Waals surface area contributed by atoms with Crippen LogP contribution in [0.2, 0.25) is 0 Å². The normalized spacial score (nSPS) is 14.2. The Morgan fingerprint density at radius 2 is 1.47 bits per heavy atom. The predicted molar refractivity (Wildman–Crippen MR) is 188 cm³/mol. The first kappa shape index (κ1) is 35.4. The molecule has 4 aromatic rings. The number of carbonyl (C=O) groups is 2. The topological polar surface area (TPSA) is 56.8 Å². The monoisotopic (exact) mass is 668 g/mol. The average molecular weight is 669 g/mol. The number of alkyl halides is 3. The molecule has 1 fully saturated rings. The largest absolute Gasteiger partial charge is 0.416 e. The van der Waals surface area contributed by atoms with Gasteiger partial charge in [0, 0.05) is 63.3 Å². The van der Waals surface area contributed by atoms with Crippen LogP contribution in [0, 0.1) is 0 Å². The Morgan fingerprint density at radius 1 is 0.816 bits per heavy atom. The Kier molecular flexibility index (Phi) is 12.2. The van der Waals surface area contributed by atoms with Gasteiger partial charge in [-0.1, -0.05) is 86.5 Å². The number of amides is 2. The highest BCUT2D eigenvalue weighted by atomic mass is 19.4. The summed E-state index contributed by atoms with van der Waals surface area (Å²) < 4.78 is 39.4. The maximum atomic E-state index is 14.5. The molecule has 1 aliphatic heterocycles. The summed E-state index contributed by atoms with van der Waals surface area (Å²) in [5.74, 6) is -0.526. The number of piperazine rings is 1. The van der Waals surface area contributed by atoms with Crippen LogP contribution in [-0.4, -0.2) is 58.8 Å². The van der Waals surface area contributed by atoms with E-state index in [9.17, 15) is 22.8 Å². The van der Waals surface area contributed by atoms with Crippen molar-refractivity contribution in [3.63, 3.8) is 0 Å². The van der Waals surface area contributed by atoms with Gasteiger partial charge in [-0.15, -0.1) is 0 Å². The van der Waals surface area contributed by atoms with E-state index in [4.69, 9.17) is 0 Å². The minimum absolute atomic E-state index is 0.134. The van der Waals surface area contributed by atoms with Crippen LogP contribution in [0.1, 0.15) is 54.0 Å². The molecule has 0 saturated carbocycles. The first-order valence-electron chi connectivity index (χ1n) is 16.9. The summed E-state index contributed by atoms with van der Waals surface area (Å²) in [6.45, 7) is 4.68. The van der Waals surface area contributed by atoms with Crippen LogP contribution in [0.4, 0.5) is 18.9 Å². The summed E-state index contributed by atoms with van der Waals surface area (Å²) in [5, 5.41) is 0. The van der Waals surface area contributed by atoms with E-state index in [1.165, 1.54) is 29.8 Å². The summed E-state index contributed by atoms with van der Waals surface area (Å²) in [6.07, 6.45) is 6.63. The molecule has 0 aliphatic carbocycles. The van der Waals surface area contributed by atoms with Crippen molar-refractivity contribution in [3.05, 3.63) is 137 Å². The quantitative estimate of drug-likeness (QED) is 0.108. The standard InChI is InChI=1S/C40H43F3N4O2/c1-2-3-5-8-31-11-13-34(14-12-31)30-47(38(48)20-17-32-15-18-35(19-16-32)40(41,42)43)37(29-33-9-6-4-7-10-33)39(49)46-27-25-45(26-28-46)36-21-23-44-24-22-36/h4,6-7,9-24,37H,2-3,5,8,25-30H2,1H3/t37-/m0/s1. The van der Waals surface area contributed by atoms with Crippen molar-refractivity contribution in [1.82, 2.24) is 14.8 Å². The third-order valence-corrected chi connectivity index (χ3v) is 8.94. The lowest BCUT2D eigenvalue weighted by Gasteiger charge is -2.40. The fourth-order valence-electron chi connectivity index (χ4n) is 6.09. The maximum Gasteiger partial charge on any atom is 0.416 e. The second-order valence-electron chi connectivity index (χ2n) is 12.4. The molecule has 0 radical (unpaired) electrons. The van der Waals surface area contributed by atoms with Crippen LogP contribution < -0.4 is 4.90 Å². The number of hydrogen-bond acceptors (Lipinski definition) is 4. The molecule has 49 heavy (non-hydrogen) atoms. The number of aryl methyl sites for hydroxylation is 1. The average Bonchev–Trinajstić information content (AvgIpc) is 3.13. The van der Waals surface area contributed by atoms with Crippen molar-refractivity contribution in [1.29, 1.82) is 0 Å². The van der Waals surface area contributed by atoms with E-state index in [0.717, 1.165) is 54.6 Å². The van der Waals surface area contributed by atoms with Gasteiger partial charge in [0.1, 0.15) is 6.04 Å². The summed E-state index contributed by atoms with van der Waals surface area (Å²) in [4.78, 5) is 38.3. The Balaban J connectivity index is 1.42. The van der Waals surface area contributed by atoms with Crippen molar-refractivity contribution < 1.29 is 22.8 Å². The summed E-state index contributed by atoms with van der Waals surface area (Å²) in [6, 6.07) is 25.6. The SMILES string of the molecule is CCCCCc1ccc(CN(C(=O)C=Cc2ccc(C(F)(F)F)cc2)[C@@H](Cc2ccccc2)C(=O)N2CCN(c3ccncc3)CC2)cc1. The summed E-state index contributed by atoms with van der Waals surface area (Å²) >= 11 is 0. The van der Waals surface area contributed by atoms with Gasteiger partial charge in [0.2, 0.25) is 11.8 Å². The first-order valence-corrected chi connectivity index (χ1v) is 16.9. The van der Waals surface area contributed by atoms with Crippen LogP contribution in [0.15, 0.2) is 109 Å². The number of nitrogens with zero attached hydrogens (tertiary/aromatic N) is 4. The second kappa shape index (κ2) is 17.0. The van der Waals surface area contributed by atoms with Crippen molar-refractivity contribution in [2.24, 2.45) is 0 Å². The molecule has 256 valence electrons. The van der Waals surface area contributed by atoms with Gasteiger partial charge in [-0.25, -0.2) is 0 Å². The number of aromatic nitrogens is 1. The van der Waals surface area contributed by atoms with Gasteiger partial charge >= 0.3 is 6.18 Å². The Hall–Kier alpha value is -4.92. The number of pyridine rings is 1. The van der Waals surface area contributed by atoms with Crippen LogP contribution in [-0.2, 0) is 35.2 Å². The fraction of sp³-hybridized carbons (Fsp3) is 0.325. The van der Waals surface area contributed by atoms with Crippen molar-refractivity contribution >= 4 is 23.6 Å². The van der Waals surface area contributed by atoms with Crippen LogP contribution in [0.3, 0.4) is 0 Å². The number of unbranched alkanes of at least 4 members (excludes halogenated alkanes) is 2. The van der Waals surface area contributed by atoms with Crippen LogP contribution >= 0.6 is 0 Å². The molecule has 0 bridgehead atoms. The van der Waals surface area contributed by atoms with Gasteiger partial charge < -0.3 is 14.7 Å². The molecule has 2 amide bonds. The molecule has 1 saturated heterocycles. The smallest absolute Gasteiger partial charge is 0.368 e. The lowest BCUT2D eigenvalue weighted by Crippen LogP contribution is -2.56. The molecule has 1 aromatic heterocycles. The Bertz CT molecular complexity index is 1650. The Labute approximate surface area is 286 Å². The lowest BCUT2D eigenvalue weighted by molar-refractivity contribution is -0.144. The van der Waals surface area contributed by atoms with E-state index in [-0.39, 0.29) is 12.5 Å². The molecule has 6 nitrogen and oxygen atoms in total. The highest BCUT2D eigenvalue weighted by Crippen LogP contribution is 2.29. The molecule has 5 rings (SSSR count). The maximum absolute atomic E-state index is 14.5. The van der Waals surface area contributed by atoms with E-state index in [2.05, 4.69) is 28.9 Å². The van der Waals surface area contributed by atoms with Crippen LogP contribution in [0.25, 0.3) is 6.08 Å². The molecular weight excluding hydrogens is 625 g/mol. The third kappa shape index (κ3) is 10.0. The number of rotatable bonds is 13. The molecular formula is C40H43F3N4O2. The molecule has 9 heteroatoms. The first-order chi connectivity index (χ1) is 23.7. The minimum Gasteiger partial charge on any atom is -0.368 e. The highest BCUT2D eigenvalue weighted by Gasteiger charge is 2.34. The van der Waals surface area contributed by atoms with Crippen molar-refractivity contribution in [2.75, 3.05) is 31.1 Å². The van der Waals surface area contributed by atoms with E-state index in [0.29, 0.717) is 38.2 Å². The number of benzene rings is 3. The van der Waals surface area contributed by atoms with Gasteiger partial charge in [0.05, 0.1) is 5.56 Å². The molecule has 1 aliphatic rings. The highest BCUT2D eigenvalue weighted by molar-refractivity contribution is 5.96. The molecule has 0 spiro atoms. The Morgan fingerprint density at radius 3 is 2.10 bits per heavy atom. The number of halogens is 3. The van der Waals surface area contributed by atoms with Gasteiger partial charge in [-0.05, 0) is 65.4 Å². The zero-order chi connectivity index (χ0) is 34.6. The van der Waals surface area contributed by atoms with E-state index in [1.54, 1.807) is 17.3 Å². The van der Waals surface area contributed by atoms with Crippen molar-refractivity contribution in [2.45, 2.75) is 57.8 Å². The lowest BCUT2D eigenvalue weighted by atomic mass is 10.0. The predicted octanol–water partition coefficient (Wildman–Crippen LogP) is 7.84. The number of anilines is 1. The molecule has 3 aromatic carbocycles. The third-order valence-electron chi connectivity index (χ3n) is 8.94. The van der Waals surface area contributed by atoms with Gasteiger partial charge in [0.25, 0.3) is 0 Å². The van der Waals surface area contributed by atoms with Gasteiger partial charge in [0.15, 0.2) is 0 Å². The zero-order valence-corrected chi connectivity index (χ0v) is 27.9. The van der Waals surface area contributed by atoms with E-state index in [1.807, 2.05) is 59.5 Å². The van der Waals surface area contributed by atoms with E-state index >= 15 is 0 Å². The number of carbonyl (C=O) groups excluding carboxylic acids is 2. The molecule has 0 unspecified atom stereocenters. The van der Waals surface area contributed by atoms with Crippen LogP contribution in [0.5, 0.6) is 0 Å². The zero-order valence-electron chi connectivity index (χ0n) is 27.9. The van der Waals surface area contributed by atoms with Gasteiger partial charge in [-0.3, -0.25) is 14.6 Å². The minimum atomic E-state index is -4.45. The summed E-state index contributed by atoms with van der Waals surface area (Å²) in [7, 11) is 0.